The van der Waals surface area contributed by atoms with E-state index in [1.54, 1.807) is 0 Å². The van der Waals surface area contributed by atoms with Gasteiger partial charge < -0.3 is 75.5 Å². The van der Waals surface area contributed by atoms with E-state index in [1.807, 2.05) is 0 Å². The minimum atomic E-state index is -1.06. The molecule has 5 aromatic rings. The summed E-state index contributed by atoms with van der Waals surface area (Å²) in [7, 11) is 0. The number of hydrogen-bond acceptors (Lipinski definition) is 16. The van der Waals surface area contributed by atoms with Gasteiger partial charge >= 0.3 is 5.97 Å². The number of rotatable bonds is 4. The number of ether oxygens (including phenoxy) is 3. The quantitative estimate of drug-likeness (QED) is 0.0916. The lowest BCUT2D eigenvalue weighted by molar-refractivity contribution is -0.0189. The lowest BCUT2D eigenvalue weighted by Crippen LogP contribution is -2.34. The number of aromatic hydroxyl groups is 11. The SMILES string of the molecule is O=C(O[C@@H]1Cc2c(O)cc(O)cc2O[C@@H]1c1ccc(O)c(O)c1)c1cc(O)c(O)c(O)c1.Oc1cc(O)c2c(c1)O[C@@H](c1ccc(O)c(O)c1)[C@H](O)C2. The van der Waals surface area contributed by atoms with Crippen LogP contribution in [0.5, 0.6) is 74.7 Å². The van der Waals surface area contributed by atoms with Crippen LogP contribution in [0, 0.1) is 0 Å². The second kappa shape index (κ2) is 13.9. The number of carbonyl (C=O) groups is 1. The second-order valence-corrected chi connectivity index (χ2v) is 12.2. The van der Waals surface area contributed by atoms with Gasteiger partial charge in [0, 0.05) is 53.8 Å². The highest BCUT2D eigenvalue weighted by atomic mass is 16.6. The molecule has 7 rings (SSSR count). The average Bonchev–Trinajstić information content (AvgIpc) is 3.10. The number of hydrogen-bond donors (Lipinski definition) is 12. The Bertz CT molecular complexity index is 2190. The Balaban J connectivity index is 0.000000198. The van der Waals surface area contributed by atoms with Crippen molar-refractivity contribution >= 4 is 5.97 Å². The molecule has 2 heterocycles. The molecule has 0 radical (unpaired) electrons. The topological polar surface area (TPSA) is 288 Å². The normalized spacial score (nSPS) is 18.6. The molecule has 0 amide bonds. The molecule has 0 aromatic heterocycles. The molecular weight excluding hydrogens is 700 g/mol. The number of phenolic OH excluding ortho intramolecular Hbond substituents is 11. The summed E-state index contributed by atoms with van der Waals surface area (Å²) in [5.74, 6) is -5.02. The van der Waals surface area contributed by atoms with Gasteiger partial charge in [0.05, 0.1) is 11.7 Å². The first-order valence-corrected chi connectivity index (χ1v) is 15.7. The standard InChI is InChI=1S/C22H18O10.C15H14O6/c23-11-6-14(25)12-8-19(32-22(30)10-4-16(27)20(29)17(28)5-10)21(31-18(12)7-11)9-1-2-13(24)15(26)3-9;16-8-4-11(18)9-6-13(20)15(21-14(9)5-8)7-1-2-10(17)12(19)3-7/h1-7,19,21,23-29H,8H2;1-5,13,15-20H,6H2/t19-,21-;13-,15+/m11/s1. The molecule has 5 aromatic carbocycles. The maximum Gasteiger partial charge on any atom is 0.338 e. The Morgan fingerprint density at radius 3 is 1.51 bits per heavy atom. The van der Waals surface area contributed by atoms with E-state index in [9.17, 15) is 66.1 Å². The summed E-state index contributed by atoms with van der Waals surface area (Å²) >= 11 is 0. The maximum atomic E-state index is 12.7. The van der Waals surface area contributed by atoms with E-state index in [2.05, 4.69) is 0 Å². The molecule has 276 valence electrons. The Labute approximate surface area is 298 Å². The van der Waals surface area contributed by atoms with Crippen molar-refractivity contribution in [2.75, 3.05) is 0 Å². The summed E-state index contributed by atoms with van der Waals surface area (Å²) in [6, 6.07) is 14.7. The van der Waals surface area contributed by atoms with Crippen molar-refractivity contribution in [1.82, 2.24) is 0 Å². The molecule has 16 nitrogen and oxygen atoms in total. The highest BCUT2D eigenvalue weighted by Crippen LogP contribution is 2.45. The van der Waals surface area contributed by atoms with Gasteiger partial charge in [-0.25, -0.2) is 4.79 Å². The highest BCUT2D eigenvalue weighted by Gasteiger charge is 2.37. The maximum absolute atomic E-state index is 12.7. The van der Waals surface area contributed by atoms with Crippen LogP contribution in [0.25, 0.3) is 0 Å². The van der Waals surface area contributed by atoms with E-state index < -0.39 is 53.4 Å². The number of phenols is 11. The molecule has 53 heavy (non-hydrogen) atoms. The fourth-order valence-corrected chi connectivity index (χ4v) is 5.94. The first kappa shape index (κ1) is 35.7. The van der Waals surface area contributed by atoms with Crippen molar-refractivity contribution in [3.63, 3.8) is 0 Å². The summed E-state index contributed by atoms with van der Waals surface area (Å²) < 4.78 is 17.0. The summed E-state index contributed by atoms with van der Waals surface area (Å²) in [5, 5.41) is 117. The third-order valence-electron chi connectivity index (χ3n) is 8.57. The smallest absolute Gasteiger partial charge is 0.338 e. The van der Waals surface area contributed by atoms with Gasteiger partial charge in [0.25, 0.3) is 0 Å². The third-order valence-corrected chi connectivity index (χ3v) is 8.57. The van der Waals surface area contributed by atoms with Crippen molar-refractivity contribution in [2.45, 2.75) is 37.3 Å². The average molecular weight is 733 g/mol. The lowest BCUT2D eigenvalue weighted by atomic mass is 9.93. The van der Waals surface area contributed by atoms with E-state index in [1.165, 1.54) is 54.6 Å². The van der Waals surface area contributed by atoms with Crippen molar-refractivity contribution < 1.29 is 80.3 Å². The Kier molecular flexibility index (Phi) is 9.39. The molecule has 0 unspecified atom stereocenters. The molecule has 2 aliphatic rings. The molecule has 16 heteroatoms. The van der Waals surface area contributed by atoms with E-state index in [0.717, 1.165) is 18.2 Å². The fraction of sp³-hybridized carbons (Fsp3) is 0.162. The van der Waals surface area contributed by atoms with E-state index >= 15 is 0 Å². The van der Waals surface area contributed by atoms with Gasteiger partial charge in [0.2, 0.25) is 0 Å². The van der Waals surface area contributed by atoms with Gasteiger partial charge in [0.1, 0.15) is 46.7 Å². The summed E-state index contributed by atoms with van der Waals surface area (Å²) in [6.45, 7) is 0. The predicted octanol–water partition coefficient (Wildman–Crippen LogP) is 4.07. The molecular formula is C37H32O16. The van der Waals surface area contributed by atoms with Gasteiger partial charge in [-0.1, -0.05) is 12.1 Å². The van der Waals surface area contributed by atoms with E-state index in [-0.39, 0.29) is 75.7 Å². The van der Waals surface area contributed by atoms with Crippen LogP contribution in [0.2, 0.25) is 0 Å². The largest absolute Gasteiger partial charge is 0.508 e. The van der Waals surface area contributed by atoms with Crippen LogP contribution in [-0.2, 0) is 17.6 Å². The van der Waals surface area contributed by atoms with Gasteiger partial charge in [-0.3, -0.25) is 0 Å². The van der Waals surface area contributed by atoms with Crippen LogP contribution in [0.4, 0.5) is 0 Å². The number of carbonyl (C=O) groups excluding carboxylic acids is 1. The second-order valence-electron chi connectivity index (χ2n) is 12.2. The monoisotopic (exact) mass is 732 g/mol. The molecule has 0 bridgehead atoms. The minimum absolute atomic E-state index is 0.0461. The first-order valence-electron chi connectivity index (χ1n) is 15.7. The molecule has 2 aliphatic heterocycles. The molecule has 0 saturated heterocycles. The number of fused-ring (bicyclic) bond motifs is 2. The van der Waals surface area contributed by atoms with Gasteiger partial charge in [-0.05, 0) is 42.0 Å². The zero-order valence-electron chi connectivity index (χ0n) is 27.2. The number of esters is 1. The summed E-state index contributed by atoms with van der Waals surface area (Å²) in [4.78, 5) is 12.7. The van der Waals surface area contributed by atoms with E-state index in [4.69, 9.17) is 14.2 Å². The van der Waals surface area contributed by atoms with Crippen molar-refractivity contribution in [3.05, 3.63) is 101 Å². The first-order chi connectivity index (χ1) is 25.1. The number of benzene rings is 5. The predicted molar refractivity (Wildman–Crippen MR) is 180 cm³/mol. The van der Waals surface area contributed by atoms with E-state index in [0.29, 0.717) is 16.7 Å². The van der Waals surface area contributed by atoms with Crippen LogP contribution >= 0.6 is 0 Å². The lowest BCUT2D eigenvalue weighted by Gasteiger charge is -2.34. The molecule has 0 aliphatic carbocycles. The summed E-state index contributed by atoms with van der Waals surface area (Å²) in [6.07, 6.45) is -3.68. The molecule has 0 saturated carbocycles. The van der Waals surface area contributed by atoms with Crippen LogP contribution < -0.4 is 9.47 Å². The Hall–Kier alpha value is -7.07. The third kappa shape index (κ3) is 7.24. The Morgan fingerprint density at radius 1 is 0.528 bits per heavy atom. The Morgan fingerprint density at radius 2 is 1.00 bits per heavy atom. The van der Waals surface area contributed by atoms with Crippen LogP contribution in [0.3, 0.4) is 0 Å². The van der Waals surface area contributed by atoms with Crippen LogP contribution in [0.1, 0.15) is 44.8 Å². The highest BCUT2D eigenvalue weighted by molar-refractivity contribution is 5.91. The van der Waals surface area contributed by atoms with Gasteiger partial charge in [-0.2, -0.15) is 0 Å². The van der Waals surface area contributed by atoms with Gasteiger partial charge in [0.15, 0.2) is 46.4 Å². The molecule has 0 spiro atoms. The zero-order chi connectivity index (χ0) is 38.3. The zero-order valence-corrected chi connectivity index (χ0v) is 27.2. The number of aliphatic hydroxyl groups is 1. The van der Waals surface area contributed by atoms with Crippen molar-refractivity contribution in [3.8, 4) is 74.7 Å². The van der Waals surface area contributed by atoms with Crippen molar-refractivity contribution in [1.29, 1.82) is 0 Å². The van der Waals surface area contributed by atoms with Crippen molar-refractivity contribution in [2.24, 2.45) is 0 Å². The van der Waals surface area contributed by atoms with Crippen LogP contribution in [0.15, 0.2) is 72.8 Å². The number of aliphatic hydroxyl groups excluding tert-OH is 1. The molecule has 0 fully saturated rings. The molecule has 4 atom stereocenters. The summed E-state index contributed by atoms with van der Waals surface area (Å²) in [5.41, 5.74) is 1.22. The van der Waals surface area contributed by atoms with Crippen LogP contribution in [-0.4, -0.2) is 79.5 Å². The van der Waals surface area contributed by atoms with Gasteiger partial charge in [-0.15, -0.1) is 0 Å². The fourth-order valence-electron chi connectivity index (χ4n) is 5.94. The minimum Gasteiger partial charge on any atom is -0.508 e. The molecule has 12 N–H and O–H groups in total.